The summed E-state index contributed by atoms with van der Waals surface area (Å²) < 4.78 is 9.02. The monoisotopic (exact) mass is 474 g/mol. The number of hydrogen-bond donors (Lipinski definition) is 4. The Balaban J connectivity index is 1.48. The first-order valence-electron chi connectivity index (χ1n) is 10.7. The minimum absolute atomic E-state index is 0.216. The Morgan fingerprint density at radius 1 is 1.26 bits per heavy atom. The van der Waals surface area contributed by atoms with Crippen LogP contribution in [-0.4, -0.2) is 58.7 Å². The highest BCUT2D eigenvalue weighted by molar-refractivity contribution is 6.00. The molecule has 1 amide bonds. The molecule has 1 aromatic carbocycles. The van der Waals surface area contributed by atoms with Gasteiger partial charge in [0.1, 0.15) is 30.0 Å². The predicted octanol–water partition coefficient (Wildman–Crippen LogP) is 0.852. The number of aliphatic hydroxyl groups excluding tert-OH is 2. The fourth-order valence-corrected chi connectivity index (χ4v) is 4.24. The van der Waals surface area contributed by atoms with E-state index in [2.05, 4.69) is 20.4 Å². The Hall–Kier alpha value is -4.31. The van der Waals surface area contributed by atoms with Crippen LogP contribution >= 0.6 is 0 Å². The van der Waals surface area contributed by atoms with Gasteiger partial charge in [-0.1, -0.05) is 0 Å². The van der Waals surface area contributed by atoms with Crippen molar-refractivity contribution in [1.29, 1.82) is 5.26 Å². The number of ether oxygens (including phenoxy) is 1. The summed E-state index contributed by atoms with van der Waals surface area (Å²) in [6.07, 6.45) is -0.716. The lowest BCUT2D eigenvalue weighted by Gasteiger charge is -2.17. The van der Waals surface area contributed by atoms with Gasteiger partial charge < -0.3 is 30.6 Å². The Morgan fingerprint density at radius 2 is 2.06 bits per heavy atom. The average Bonchev–Trinajstić information content (AvgIpc) is 3.52. The minimum Gasteiger partial charge on any atom is -0.387 e. The smallest absolute Gasteiger partial charge is 0.256 e. The molecule has 4 atom stereocenters. The highest BCUT2D eigenvalue weighted by Gasteiger charge is 2.48. The van der Waals surface area contributed by atoms with Gasteiger partial charge in [-0.15, -0.1) is 0 Å². The number of aryl methyl sites for hydroxylation is 2. The molecule has 178 valence electrons. The van der Waals surface area contributed by atoms with Crippen LogP contribution in [0.3, 0.4) is 0 Å². The van der Waals surface area contributed by atoms with Crippen LogP contribution in [0.25, 0.3) is 22.3 Å². The molecule has 12 nitrogen and oxygen atoms in total. The second-order valence-electron chi connectivity index (χ2n) is 8.34. The number of anilines is 2. The first-order chi connectivity index (χ1) is 16.8. The number of nitrogen functional groups attached to an aromatic ring is 1. The van der Waals surface area contributed by atoms with Crippen LogP contribution in [0.15, 0.2) is 43.0 Å². The number of nitrogens with zero attached hydrogens (tertiary/aromatic N) is 6. The lowest BCUT2D eigenvalue weighted by molar-refractivity contribution is -0.132. The molecule has 5 N–H and O–H groups in total. The highest BCUT2D eigenvalue weighted by Crippen LogP contribution is 2.38. The predicted molar refractivity (Wildman–Crippen MR) is 125 cm³/mol. The Labute approximate surface area is 199 Å². The lowest BCUT2D eigenvalue weighted by Crippen LogP contribution is -2.39. The van der Waals surface area contributed by atoms with Gasteiger partial charge in [-0.05, 0) is 36.8 Å². The quantitative estimate of drug-likeness (QED) is 0.334. The maximum atomic E-state index is 13.0. The molecule has 0 saturated carbocycles. The number of aliphatic hydroxyl groups is 2. The molecule has 0 spiro atoms. The first kappa shape index (κ1) is 22.5. The lowest BCUT2D eigenvalue weighted by atomic mass is 10.1. The summed E-state index contributed by atoms with van der Waals surface area (Å²) in [5.41, 5.74) is 9.31. The first-order valence-corrected chi connectivity index (χ1v) is 10.7. The second kappa shape index (κ2) is 8.48. The van der Waals surface area contributed by atoms with E-state index in [1.807, 2.05) is 6.07 Å². The van der Waals surface area contributed by atoms with E-state index in [-0.39, 0.29) is 5.82 Å². The largest absolute Gasteiger partial charge is 0.387 e. The van der Waals surface area contributed by atoms with Crippen LogP contribution in [0.4, 0.5) is 11.5 Å². The van der Waals surface area contributed by atoms with Crippen molar-refractivity contribution in [3.63, 3.8) is 0 Å². The van der Waals surface area contributed by atoms with Gasteiger partial charge in [0.05, 0.1) is 22.7 Å². The number of hydrogen-bond acceptors (Lipinski definition) is 9. The third-order valence-corrected chi connectivity index (χ3v) is 6.01. The van der Waals surface area contributed by atoms with E-state index < -0.39 is 30.4 Å². The molecule has 0 unspecified atom stereocenters. The number of aromatic nitrogens is 5. The van der Waals surface area contributed by atoms with E-state index >= 15 is 0 Å². The SMILES string of the molecule is Cc1cc(C#N)ccc1NC(=O)[C@H]1O[C@@H](n2cc(-c3ccn(C)n3)c3c(N)ncnc32)[C@H](O)[C@@H]1O. The Kier molecular flexibility index (Phi) is 5.45. The second-order valence-corrected chi connectivity index (χ2v) is 8.34. The van der Waals surface area contributed by atoms with Crippen molar-refractivity contribution < 1.29 is 19.7 Å². The summed E-state index contributed by atoms with van der Waals surface area (Å²) in [5, 5.41) is 38.2. The maximum absolute atomic E-state index is 13.0. The maximum Gasteiger partial charge on any atom is 0.256 e. The van der Waals surface area contributed by atoms with Crippen LogP contribution < -0.4 is 11.1 Å². The zero-order valence-corrected chi connectivity index (χ0v) is 18.8. The number of benzene rings is 1. The number of carbonyl (C=O) groups is 1. The summed E-state index contributed by atoms with van der Waals surface area (Å²) in [6.45, 7) is 1.75. The van der Waals surface area contributed by atoms with Crippen LogP contribution in [0.1, 0.15) is 17.4 Å². The van der Waals surface area contributed by atoms with Crippen molar-refractivity contribution >= 4 is 28.4 Å². The molecule has 1 fully saturated rings. The molecule has 1 aliphatic heterocycles. The molecule has 0 bridgehead atoms. The molecular formula is C23H22N8O4. The highest BCUT2D eigenvalue weighted by atomic mass is 16.6. The van der Waals surface area contributed by atoms with E-state index in [1.165, 1.54) is 10.9 Å². The molecule has 1 aliphatic rings. The van der Waals surface area contributed by atoms with E-state index in [0.717, 1.165) is 0 Å². The summed E-state index contributed by atoms with van der Waals surface area (Å²) in [7, 11) is 1.78. The third-order valence-electron chi connectivity index (χ3n) is 6.01. The number of rotatable bonds is 4. The van der Waals surface area contributed by atoms with Crippen molar-refractivity contribution in [2.75, 3.05) is 11.1 Å². The molecule has 35 heavy (non-hydrogen) atoms. The normalized spacial score (nSPS) is 21.8. The zero-order valence-electron chi connectivity index (χ0n) is 18.8. The van der Waals surface area contributed by atoms with Crippen LogP contribution in [-0.2, 0) is 16.6 Å². The average molecular weight is 474 g/mol. The summed E-state index contributed by atoms with van der Waals surface area (Å²) >= 11 is 0. The standard InChI is InChI=1S/C23H22N8O4/c1-11-7-12(8-24)3-4-14(11)28-22(34)19-17(32)18(33)23(35-19)31-9-13(15-5-6-30(2)29-15)16-20(25)26-10-27-21(16)31/h3-7,9-10,17-19,23,32-33H,1-2H3,(H,28,34)(H2,25,26,27)/t17-,18+,19-,23+/m0/s1. The number of fused-ring (bicyclic) bond motifs is 1. The molecule has 0 radical (unpaired) electrons. The summed E-state index contributed by atoms with van der Waals surface area (Å²) in [5.74, 6) is -0.421. The Morgan fingerprint density at radius 3 is 2.74 bits per heavy atom. The topological polar surface area (TPSA) is 177 Å². The minimum atomic E-state index is -1.51. The van der Waals surface area contributed by atoms with E-state index in [9.17, 15) is 15.0 Å². The van der Waals surface area contributed by atoms with Gasteiger partial charge in [0.25, 0.3) is 5.91 Å². The van der Waals surface area contributed by atoms with Gasteiger partial charge in [-0.2, -0.15) is 10.4 Å². The molecule has 1 saturated heterocycles. The number of carbonyl (C=O) groups excluding carboxylic acids is 1. The van der Waals surface area contributed by atoms with Crippen molar-refractivity contribution in [3.8, 4) is 17.3 Å². The van der Waals surface area contributed by atoms with Gasteiger partial charge in [0.2, 0.25) is 0 Å². The molecule has 5 rings (SSSR count). The molecule has 4 heterocycles. The summed E-state index contributed by atoms with van der Waals surface area (Å²) in [4.78, 5) is 21.3. The van der Waals surface area contributed by atoms with Gasteiger partial charge >= 0.3 is 0 Å². The van der Waals surface area contributed by atoms with Crippen LogP contribution in [0.2, 0.25) is 0 Å². The zero-order chi connectivity index (χ0) is 24.9. The van der Waals surface area contributed by atoms with Crippen molar-refractivity contribution in [2.45, 2.75) is 31.5 Å². The molecular weight excluding hydrogens is 452 g/mol. The van der Waals surface area contributed by atoms with Gasteiger partial charge in [0, 0.05) is 30.7 Å². The molecule has 0 aliphatic carbocycles. The fraction of sp³-hybridized carbons (Fsp3) is 0.261. The van der Waals surface area contributed by atoms with E-state index in [0.29, 0.717) is 39.1 Å². The van der Waals surface area contributed by atoms with Crippen molar-refractivity contribution in [2.24, 2.45) is 7.05 Å². The number of nitrogens with one attached hydrogen (secondary N) is 1. The number of nitriles is 1. The third kappa shape index (κ3) is 3.77. The number of amides is 1. The van der Waals surface area contributed by atoms with Crippen LogP contribution in [0, 0.1) is 18.3 Å². The van der Waals surface area contributed by atoms with Gasteiger partial charge in [0.15, 0.2) is 12.3 Å². The fourth-order valence-electron chi connectivity index (χ4n) is 4.24. The molecule has 12 heteroatoms. The van der Waals surface area contributed by atoms with Crippen LogP contribution in [0.5, 0.6) is 0 Å². The number of nitrogens with two attached hydrogens (primary N) is 1. The van der Waals surface area contributed by atoms with Crippen molar-refractivity contribution in [1.82, 2.24) is 24.3 Å². The Bertz CT molecular complexity index is 1490. The molecule has 3 aromatic heterocycles. The van der Waals surface area contributed by atoms with Gasteiger partial charge in [-0.3, -0.25) is 9.48 Å². The van der Waals surface area contributed by atoms with Crippen molar-refractivity contribution in [3.05, 3.63) is 54.1 Å². The summed E-state index contributed by atoms with van der Waals surface area (Å²) in [6, 6.07) is 8.63. The van der Waals surface area contributed by atoms with E-state index in [1.54, 1.807) is 55.3 Å². The van der Waals surface area contributed by atoms with Gasteiger partial charge in [-0.25, -0.2) is 9.97 Å². The molecule has 4 aromatic rings. The van der Waals surface area contributed by atoms with E-state index in [4.69, 9.17) is 15.7 Å².